The minimum atomic E-state index is -3.46. The number of nitrogens with zero attached hydrogens (tertiary/aromatic N) is 3. The maximum absolute atomic E-state index is 12.2. The van der Waals surface area contributed by atoms with Gasteiger partial charge in [-0.1, -0.05) is 6.08 Å². The molecule has 0 radical (unpaired) electrons. The number of rotatable bonds is 6. The van der Waals surface area contributed by atoms with E-state index in [2.05, 4.69) is 6.58 Å². The Balaban J connectivity index is 2.55. The summed E-state index contributed by atoms with van der Waals surface area (Å²) in [4.78, 5) is 26.8. The Morgan fingerprint density at radius 1 is 1.23 bits per heavy atom. The molecular weight excluding hydrogens is 310 g/mol. The molecule has 0 saturated carbocycles. The van der Waals surface area contributed by atoms with E-state index in [1.807, 2.05) is 0 Å². The molecule has 0 aromatic heterocycles. The largest absolute Gasteiger partial charge is 0.450 e. The minimum Gasteiger partial charge on any atom is -0.450 e. The van der Waals surface area contributed by atoms with Gasteiger partial charge in [-0.15, -0.1) is 6.58 Å². The van der Waals surface area contributed by atoms with Crippen LogP contribution in [0.2, 0.25) is 0 Å². The molecule has 0 atom stereocenters. The highest BCUT2D eigenvalue weighted by Gasteiger charge is 2.27. The highest BCUT2D eigenvalue weighted by molar-refractivity contribution is 7.88. The highest BCUT2D eigenvalue weighted by atomic mass is 32.2. The lowest BCUT2D eigenvalue weighted by Gasteiger charge is -2.34. The van der Waals surface area contributed by atoms with Crippen LogP contribution in [0.1, 0.15) is 6.92 Å². The molecule has 1 fully saturated rings. The van der Waals surface area contributed by atoms with Gasteiger partial charge in [-0.2, -0.15) is 4.31 Å². The van der Waals surface area contributed by atoms with Crippen LogP contribution in [0.3, 0.4) is 0 Å². The van der Waals surface area contributed by atoms with Crippen molar-refractivity contribution >= 4 is 22.0 Å². The molecule has 1 rings (SSSR count). The van der Waals surface area contributed by atoms with Crippen LogP contribution in [0.15, 0.2) is 12.7 Å². The first-order chi connectivity index (χ1) is 10.3. The van der Waals surface area contributed by atoms with Gasteiger partial charge in [-0.25, -0.2) is 13.2 Å². The molecule has 1 heterocycles. The van der Waals surface area contributed by atoms with Gasteiger partial charge in [0.15, 0.2) is 0 Å². The van der Waals surface area contributed by atoms with E-state index >= 15 is 0 Å². The van der Waals surface area contributed by atoms with Gasteiger partial charge in [-0.05, 0) is 6.92 Å². The first-order valence-electron chi connectivity index (χ1n) is 7.05. The number of piperazine rings is 1. The lowest BCUT2D eigenvalue weighted by molar-refractivity contribution is -0.132. The Labute approximate surface area is 131 Å². The molecule has 2 amide bonds. The second kappa shape index (κ2) is 8.14. The molecule has 8 nitrogen and oxygen atoms in total. The van der Waals surface area contributed by atoms with Crippen molar-refractivity contribution in [2.75, 3.05) is 52.1 Å². The summed E-state index contributed by atoms with van der Waals surface area (Å²) < 4.78 is 29.2. The molecule has 0 aromatic rings. The molecule has 1 aliphatic heterocycles. The second-order valence-corrected chi connectivity index (χ2v) is 6.89. The minimum absolute atomic E-state index is 0.0906. The van der Waals surface area contributed by atoms with Crippen LogP contribution < -0.4 is 0 Å². The van der Waals surface area contributed by atoms with Crippen LogP contribution in [0.25, 0.3) is 0 Å². The molecule has 1 aliphatic rings. The fourth-order valence-corrected chi connectivity index (χ4v) is 2.79. The van der Waals surface area contributed by atoms with Crippen molar-refractivity contribution in [1.29, 1.82) is 0 Å². The van der Waals surface area contributed by atoms with E-state index < -0.39 is 10.0 Å². The lowest BCUT2D eigenvalue weighted by atomic mass is 10.3. The summed E-state index contributed by atoms with van der Waals surface area (Å²) >= 11 is 0. The van der Waals surface area contributed by atoms with E-state index in [0.29, 0.717) is 32.8 Å². The predicted molar refractivity (Wildman–Crippen MR) is 81.8 cm³/mol. The van der Waals surface area contributed by atoms with Gasteiger partial charge in [-0.3, -0.25) is 4.79 Å². The Morgan fingerprint density at radius 2 is 1.77 bits per heavy atom. The molecule has 1 saturated heterocycles. The molecule has 0 aliphatic carbocycles. The third kappa shape index (κ3) is 5.30. The number of hydrogen-bond donors (Lipinski definition) is 0. The molecule has 0 unspecified atom stereocenters. The molecule has 0 spiro atoms. The van der Waals surface area contributed by atoms with Crippen molar-refractivity contribution in [1.82, 2.24) is 14.1 Å². The maximum Gasteiger partial charge on any atom is 0.409 e. The predicted octanol–water partition coefficient (Wildman–Crippen LogP) is -0.265. The van der Waals surface area contributed by atoms with Crippen molar-refractivity contribution in [2.45, 2.75) is 6.92 Å². The van der Waals surface area contributed by atoms with E-state index in [4.69, 9.17) is 4.74 Å². The molecular formula is C13H23N3O5S. The summed E-state index contributed by atoms with van der Waals surface area (Å²) in [6.45, 7) is 6.89. The number of ether oxygens (including phenoxy) is 1. The monoisotopic (exact) mass is 333 g/mol. The Kier molecular flexibility index (Phi) is 6.82. The summed E-state index contributed by atoms with van der Waals surface area (Å²) in [6.07, 6.45) is 2.11. The molecule has 126 valence electrons. The van der Waals surface area contributed by atoms with Gasteiger partial charge in [0.05, 0.1) is 19.4 Å². The van der Waals surface area contributed by atoms with E-state index in [1.54, 1.807) is 11.8 Å². The van der Waals surface area contributed by atoms with Gasteiger partial charge in [0.2, 0.25) is 15.9 Å². The van der Waals surface area contributed by atoms with Crippen molar-refractivity contribution in [2.24, 2.45) is 0 Å². The second-order valence-electron chi connectivity index (χ2n) is 4.91. The van der Waals surface area contributed by atoms with Crippen LogP contribution in [-0.4, -0.2) is 86.7 Å². The summed E-state index contributed by atoms with van der Waals surface area (Å²) in [5.41, 5.74) is 0. The van der Waals surface area contributed by atoms with Crippen LogP contribution in [-0.2, 0) is 19.6 Å². The Hall–Kier alpha value is -1.61. The summed E-state index contributed by atoms with van der Waals surface area (Å²) in [7, 11) is -3.46. The summed E-state index contributed by atoms with van der Waals surface area (Å²) in [6, 6.07) is 0. The number of carbonyl (C=O) groups excluding carboxylic acids is 2. The van der Waals surface area contributed by atoms with Crippen LogP contribution >= 0.6 is 0 Å². The molecule has 0 bridgehead atoms. The van der Waals surface area contributed by atoms with Crippen molar-refractivity contribution in [3.8, 4) is 0 Å². The number of carbonyl (C=O) groups is 2. The number of amides is 2. The molecule has 9 heteroatoms. The summed E-state index contributed by atoms with van der Waals surface area (Å²) in [5.74, 6) is -0.282. The molecule has 0 N–H and O–H groups in total. The standard InChI is InChI=1S/C13H23N3O5S/c1-4-6-16(22(3,19)20)11-12(17)14-7-9-15(10-8-14)13(18)21-5-2/h4H,1,5-11H2,2-3H3. The average Bonchev–Trinajstić information content (AvgIpc) is 2.46. The lowest BCUT2D eigenvalue weighted by Crippen LogP contribution is -2.53. The smallest absolute Gasteiger partial charge is 0.409 e. The molecule has 0 aromatic carbocycles. The van der Waals surface area contributed by atoms with Crippen LogP contribution in [0.4, 0.5) is 4.79 Å². The van der Waals surface area contributed by atoms with Crippen LogP contribution in [0.5, 0.6) is 0 Å². The van der Waals surface area contributed by atoms with Crippen LogP contribution in [0, 0.1) is 0 Å². The van der Waals surface area contributed by atoms with Gasteiger partial charge >= 0.3 is 6.09 Å². The third-order valence-corrected chi connectivity index (χ3v) is 4.49. The zero-order valence-electron chi connectivity index (χ0n) is 13.0. The third-order valence-electron chi connectivity index (χ3n) is 3.27. The van der Waals surface area contributed by atoms with E-state index in [1.165, 1.54) is 11.0 Å². The van der Waals surface area contributed by atoms with Gasteiger partial charge in [0.25, 0.3) is 0 Å². The number of hydrogen-bond acceptors (Lipinski definition) is 5. The fraction of sp³-hybridized carbons (Fsp3) is 0.692. The Morgan fingerprint density at radius 3 is 2.23 bits per heavy atom. The maximum atomic E-state index is 12.2. The zero-order valence-corrected chi connectivity index (χ0v) is 13.8. The van der Waals surface area contributed by atoms with Crippen molar-refractivity contribution < 1.29 is 22.7 Å². The van der Waals surface area contributed by atoms with E-state index in [0.717, 1.165) is 10.6 Å². The first kappa shape index (κ1) is 18.4. The number of sulfonamides is 1. The average molecular weight is 333 g/mol. The topological polar surface area (TPSA) is 87.2 Å². The van der Waals surface area contributed by atoms with E-state index in [9.17, 15) is 18.0 Å². The SMILES string of the molecule is C=CCN(CC(=O)N1CCN(C(=O)OCC)CC1)S(C)(=O)=O. The fourth-order valence-electron chi connectivity index (χ4n) is 2.07. The normalized spacial score (nSPS) is 15.8. The van der Waals surface area contributed by atoms with E-state index in [-0.39, 0.29) is 25.1 Å². The Bertz CT molecular complexity index is 512. The summed E-state index contributed by atoms with van der Waals surface area (Å²) in [5, 5.41) is 0. The van der Waals surface area contributed by atoms with Crippen molar-refractivity contribution in [3.05, 3.63) is 12.7 Å². The highest BCUT2D eigenvalue weighted by Crippen LogP contribution is 2.06. The molecule has 22 heavy (non-hydrogen) atoms. The van der Waals surface area contributed by atoms with Gasteiger partial charge in [0.1, 0.15) is 0 Å². The van der Waals surface area contributed by atoms with Gasteiger partial charge in [0, 0.05) is 32.7 Å². The first-order valence-corrected chi connectivity index (χ1v) is 8.90. The quantitative estimate of drug-likeness (QED) is 0.625. The van der Waals surface area contributed by atoms with Gasteiger partial charge < -0.3 is 14.5 Å². The zero-order chi connectivity index (χ0) is 16.8. The van der Waals surface area contributed by atoms with Crippen molar-refractivity contribution in [3.63, 3.8) is 0 Å².